The molecule has 0 unspecified atom stereocenters. The van der Waals surface area contributed by atoms with Gasteiger partial charge < -0.3 is 18.8 Å². The fourth-order valence-electron chi connectivity index (χ4n) is 3.71. The van der Waals surface area contributed by atoms with Crippen LogP contribution in [-0.4, -0.2) is 38.1 Å². The Morgan fingerprint density at radius 3 is 2.33 bits per heavy atom. The number of ether oxygens (including phenoxy) is 2. The fraction of sp³-hybridized carbons (Fsp3) is 0.727. The molecule has 0 spiro atoms. The van der Waals surface area contributed by atoms with E-state index in [1.54, 1.807) is 0 Å². The third kappa shape index (κ3) is 5.07. The smallest absolute Gasteiger partial charge is 0.493 e. The first-order valence-electron chi connectivity index (χ1n) is 10.5. The molecule has 0 bridgehead atoms. The summed E-state index contributed by atoms with van der Waals surface area (Å²) in [6.07, 6.45) is 6.08. The molecule has 0 saturated carbocycles. The van der Waals surface area contributed by atoms with E-state index in [4.69, 9.17) is 18.8 Å². The Kier molecular flexibility index (Phi) is 6.55. The molecular weight excluding hydrogens is 339 g/mol. The Bertz CT molecular complexity index is 607. The minimum absolute atomic E-state index is 0.314. The predicted molar refractivity (Wildman–Crippen MR) is 110 cm³/mol. The van der Waals surface area contributed by atoms with Gasteiger partial charge in [-0.3, -0.25) is 0 Å². The van der Waals surface area contributed by atoms with Crippen molar-refractivity contribution in [1.29, 1.82) is 0 Å². The van der Waals surface area contributed by atoms with Crippen molar-refractivity contribution in [3.05, 3.63) is 23.8 Å². The van der Waals surface area contributed by atoms with E-state index < -0.39 is 0 Å². The van der Waals surface area contributed by atoms with Gasteiger partial charge in [-0.05, 0) is 83.3 Å². The molecule has 0 aliphatic carbocycles. The molecule has 0 aromatic heterocycles. The Morgan fingerprint density at radius 2 is 1.70 bits per heavy atom. The van der Waals surface area contributed by atoms with E-state index in [9.17, 15) is 0 Å². The van der Waals surface area contributed by atoms with Gasteiger partial charge in [0.15, 0.2) is 0 Å². The fourth-order valence-corrected chi connectivity index (χ4v) is 3.71. The largest absolute Gasteiger partial charge is 0.494 e. The standard InChI is InChI=1S/C22H35BO4/c1-17-16-19(23-26-21(2,3)22(4,5)27-23)9-10-20(17)25-13-7-6-8-18-11-14-24-15-12-18/h9-10,16,18H,6-8,11-15H2,1-5H3. The van der Waals surface area contributed by atoms with Crippen molar-refractivity contribution in [2.45, 2.75) is 77.9 Å². The number of aryl methyl sites for hydroxylation is 1. The molecule has 5 heteroatoms. The van der Waals surface area contributed by atoms with Crippen molar-refractivity contribution in [1.82, 2.24) is 0 Å². The van der Waals surface area contributed by atoms with Crippen LogP contribution in [0.1, 0.15) is 65.4 Å². The van der Waals surface area contributed by atoms with Crippen LogP contribution in [0, 0.1) is 12.8 Å². The number of unbranched alkanes of at least 4 members (excludes halogenated alkanes) is 1. The highest BCUT2D eigenvalue weighted by Gasteiger charge is 2.51. The van der Waals surface area contributed by atoms with Crippen LogP contribution in [0.25, 0.3) is 0 Å². The summed E-state index contributed by atoms with van der Waals surface area (Å²) in [5, 5.41) is 0. The first-order valence-corrected chi connectivity index (χ1v) is 10.5. The molecule has 2 aliphatic heterocycles. The second-order valence-electron chi connectivity index (χ2n) is 9.01. The average Bonchev–Trinajstić information content (AvgIpc) is 2.84. The van der Waals surface area contributed by atoms with Crippen molar-refractivity contribution in [3.63, 3.8) is 0 Å². The molecule has 4 nitrogen and oxygen atoms in total. The topological polar surface area (TPSA) is 36.9 Å². The molecule has 0 radical (unpaired) electrons. The van der Waals surface area contributed by atoms with E-state index in [0.29, 0.717) is 0 Å². The molecule has 27 heavy (non-hydrogen) atoms. The Hall–Kier alpha value is -1.04. The Balaban J connectivity index is 1.46. The lowest BCUT2D eigenvalue weighted by molar-refractivity contribution is 0.00578. The quantitative estimate of drug-likeness (QED) is 0.528. The second-order valence-corrected chi connectivity index (χ2v) is 9.01. The third-order valence-electron chi connectivity index (χ3n) is 6.33. The van der Waals surface area contributed by atoms with Gasteiger partial charge in [-0.2, -0.15) is 0 Å². The maximum Gasteiger partial charge on any atom is 0.494 e. The number of hydrogen-bond donors (Lipinski definition) is 0. The van der Waals surface area contributed by atoms with Gasteiger partial charge in [0.2, 0.25) is 0 Å². The Morgan fingerprint density at radius 1 is 1.04 bits per heavy atom. The van der Waals surface area contributed by atoms with Crippen LogP contribution >= 0.6 is 0 Å². The van der Waals surface area contributed by atoms with Crippen molar-refractivity contribution in [2.24, 2.45) is 5.92 Å². The van der Waals surface area contributed by atoms with Crippen LogP contribution in [-0.2, 0) is 14.0 Å². The van der Waals surface area contributed by atoms with Crippen molar-refractivity contribution in [2.75, 3.05) is 19.8 Å². The van der Waals surface area contributed by atoms with Crippen LogP contribution in [0.2, 0.25) is 0 Å². The summed E-state index contributed by atoms with van der Waals surface area (Å²) in [4.78, 5) is 0. The predicted octanol–water partition coefficient (Wildman–Crippen LogP) is 4.27. The van der Waals surface area contributed by atoms with Gasteiger partial charge in [-0.1, -0.05) is 18.6 Å². The lowest BCUT2D eigenvalue weighted by atomic mass is 9.78. The van der Waals surface area contributed by atoms with Gasteiger partial charge >= 0.3 is 7.12 Å². The van der Waals surface area contributed by atoms with Crippen LogP contribution in [0.5, 0.6) is 5.75 Å². The highest BCUT2D eigenvalue weighted by molar-refractivity contribution is 6.62. The van der Waals surface area contributed by atoms with E-state index in [1.165, 1.54) is 25.7 Å². The second kappa shape index (κ2) is 8.54. The molecular formula is C22H35BO4. The van der Waals surface area contributed by atoms with Gasteiger partial charge in [-0.25, -0.2) is 0 Å². The van der Waals surface area contributed by atoms with Crippen molar-refractivity contribution < 1.29 is 18.8 Å². The van der Waals surface area contributed by atoms with E-state index in [2.05, 4.69) is 46.8 Å². The molecule has 1 aromatic rings. The molecule has 150 valence electrons. The summed E-state index contributed by atoms with van der Waals surface area (Å²) in [6, 6.07) is 6.24. The minimum atomic E-state index is -0.317. The third-order valence-corrected chi connectivity index (χ3v) is 6.33. The van der Waals surface area contributed by atoms with Crippen LogP contribution in [0.4, 0.5) is 0 Å². The summed E-state index contributed by atoms with van der Waals surface area (Å²) in [5.41, 5.74) is 1.56. The average molecular weight is 374 g/mol. The number of benzene rings is 1. The van der Waals surface area contributed by atoms with Gasteiger partial charge in [-0.15, -0.1) is 0 Å². The van der Waals surface area contributed by atoms with Gasteiger partial charge in [0.05, 0.1) is 17.8 Å². The van der Waals surface area contributed by atoms with Gasteiger partial charge in [0, 0.05) is 13.2 Å². The highest BCUT2D eigenvalue weighted by Crippen LogP contribution is 2.36. The van der Waals surface area contributed by atoms with E-state index in [1.807, 2.05) is 6.07 Å². The summed E-state index contributed by atoms with van der Waals surface area (Å²) in [5.74, 6) is 1.81. The van der Waals surface area contributed by atoms with Gasteiger partial charge in [0.25, 0.3) is 0 Å². The summed E-state index contributed by atoms with van der Waals surface area (Å²) in [6.45, 7) is 13.1. The molecule has 0 atom stereocenters. The Labute approximate surface area is 165 Å². The maximum absolute atomic E-state index is 6.14. The number of hydrogen-bond acceptors (Lipinski definition) is 4. The molecule has 3 rings (SSSR count). The zero-order valence-electron chi connectivity index (χ0n) is 17.7. The van der Waals surface area contributed by atoms with Crippen LogP contribution < -0.4 is 10.2 Å². The SMILES string of the molecule is Cc1cc(B2OC(C)(C)C(C)(C)O2)ccc1OCCCCC1CCOCC1. The molecule has 2 fully saturated rings. The zero-order chi connectivity index (χ0) is 19.5. The zero-order valence-corrected chi connectivity index (χ0v) is 17.7. The molecule has 0 N–H and O–H groups in total. The van der Waals surface area contributed by atoms with Crippen LogP contribution in [0.15, 0.2) is 18.2 Å². The summed E-state index contributed by atoms with van der Waals surface area (Å²) in [7, 11) is -0.317. The first-order chi connectivity index (χ1) is 12.8. The van der Waals surface area contributed by atoms with E-state index in [0.717, 1.165) is 48.9 Å². The summed E-state index contributed by atoms with van der Waals surface area (Å²) >= 11 is 0. The van der Waals surface area contributed by atoms with Crippen molar-refractivity contribution in [3.8, 4) is 5.75 Å². The molecule has 2 aliphatic rings. The lowest BCUT2D eigenvalue weighted by Gasteiger charge is -2.32. The first kappa shape index (κ1) is 20.7. The number of rotatable bonds is 7. The highest BCUT2D eigenvalue weighted by atomic mass is 16.7. The lowest BCUT2D eigenvalue weighted by Crippen LogP contribution is -2.41. The summed E-state index contributed by atoms with van der Waals surface area (Å²) < 4.78 is 23.7. The monoisotopic (exact) mass is 374 g/mol. The van der Waals surface area contributed by atoms with Crippen molar-refractivity contribution >= 4 is 12.6 Å². The van der Waals surface area contributed by atoms with Crippen LogP contribution in [0.3, 0.4) is 0 Å². The normalized spacial score (nSPS) is 22.2. The van der Waals surface area contributed by atoms with E-state index in [-0.39, 0.29) is 18.3 Å². The molecule has 0 amide bonds. The van der Waals surface area contributed by atoms with E-state index >= 15 is 0 Å². The molecule has 2 saturated heterocycles. The molecule has 1 aromatic carbocycles. The minimum Gasteiger partial charge on any atom is -0.493 e. The maximum atomic E-state index is 6.14. The molecule has 2 heterocycles. The van der Waals surface area contributed by atoms with Gasteiger partial charge in [0.1, 0.15) is 5.75 Å².